The summed E-state index contributed by atoms with van der Waals surface area (Å²) in [6.07, 6.45) is 7.19. The van der Waals surface area contributed by atoms with Crippen molar-refractivity contribution in [3.63, 3.8) is 0 Å². The maximum Gasteiger partial charge on any atom is 0.145 e. The van der Waals surface area contributed by atoms with Crippen LogP contribution in [-0.4, -0.2) is 20.7 Å². The van der Waals surface area contributed by atoms with Crippen molar-refractivity contribution < 1.29 is 14.4 Å². The van der Waals surface area contributed by atoms with Crippen LogP contribution >= 0.6 is 23.1 Å². The molecule has 0 spiro atoms. The minimum atomic E-state index is -0.813. The van der Waals surface area contributed by atoms with E-state index < -0.39 is 5.60 Å². The molecule has 2 aromatic carbocycles. The number of ether oxygens (including phenoxy) is 1. The van der Waals surface area contributed by atoms with Crippen molar-refractivity contribution in [3.8, 4) is 11.3 Å². The minimum absolute atomic E-state index is 0.0916. The SMILES string of the molecule is Cc1cccc(Cl)c1-c1noc(C2CC2)c1COC1CCC(O)(c2ccc3sncc3c2)CC1. The number of nitrogens with zero attached hydrogens (tertiary/aromatic N) is 2. The summed E-state index contributed by atoms with van der Waals surface area (Å²) < 4.78 is 17.6. The van der Waals surface area contributed by atoms with Gasteiger partial charge in [0.15, 0.2) is 0 Å². The molecule has 0 aliphatic heterocycles. The average Bonchev–Trinajstić information content (AvgIpc) is 3.42. The molecule has 0 radical (unpaired) electrons. The summed E-state index contributed by atoms with van der Waals surface area (Å²) in [5.41, 5.74) is 3.99. The summed E-state index contributed by atoms with van der Waals surface area (Å²) in [5.74, 6) is 1.37. The molecular formula is C27H27ClN2O3S. The lowest BCUT2D eigenvalue weighted by Crippen LogP contribution is -2.34. The molecule has 0 saturated heterocycles. The summed E-state index contributed by atoms with van der Waals surface area (Å²) in [4.78, 5) is 0. The second kappa shape index (κ2) is 8.76. The Labute approximate surface area is 207 Å². The predicted molar refractivity (Wildman–Crippen MR) is 134 cm³/mol. The van der Waals surface area contributed by atoms with Crippen LogP contribution in [0.4, 0.5) is 0 Å². The van der Waals surface area contributed by atoms with Gasteiger partial charge >= 0.3 is 0 Å². The topological polar surface area (TPSA) is 68.4 Å². The Morgan fingerprint density at radius 1 is 1.18 bits per heavy atom. The molecule has 0 bridgehead atoms. The maximum absolute atomic E-state index is 11.4. The van der Waals surface area contributed by atoms with Crippen LogP contribution in [0.1, 0.15) is 66.9 Å². The summed E-state index contributed by atoms with van der Waals surface area (Å²) >= 11 is 8.04. The van der Waals surface area contributed by atoms with Gasteiger partial charge in [-0.3, -0.25) is 0 Å². The van der Waals surface area contributed by atoms with Crippen molar-refractivity contribution in [1.82, 2.24) is 9.53 Å². The highest BCUT2D eigenvalue weighted by Gasteiger charge is 2.37. The zero-order valence-corrected chi connectivity index (χ0v) is 20.7. The van der Waals surface area contributed by atoms with E-state index in [9.17, 15) is 5.11 Å². The maximum atomic E-state index is 11.4. The van der Waals surface area contributed by atoms with Gasteiger partial charge in [-0.05, 0) is 86.3 Å². The highest BCUT2D eigenvalue weighted by molar-refractivity contribution is 7.13. The Hall–Kier alpha value is -2.25. The first-order valence-corrected chi connectivity index (χ1v) is 13.1. The largest absolute Gasteiger partial charge is 0.385 e. The molecule has 2 heterocycles. The first-order valence-electron chi connectivity index (χ1n) is 11.9. The predicted octanol–water partition coefficient (Wildman–Crippen LogP) is 7.14. The number of hydrogen-bond acceptors (Lipinski definition) is 6. The van der Waals surface area contributed by atoms with Gasteiger partial charge in [-0.15, -0.1) is 0 Å². The standard InChI is InChI=1S/C27H27ClN2O3S/c1-16-3-2-4-22(28)24(16)25-21(26(33-30-25)17-5-6-17)15-32-20-9-11-27(31,12-10-20)19-7-8-23-18(13-19)14-29-34-23/h2-4,7-8,13-14,17,20,31H,5-6,9-12,15H2,1H3. The van der Waals surface area contributed by atoms with Crippen molar-refractivity contribution in [2.75, 3.05) is 0 Å². The minimum Gasteiger partial charge on any atom is -0.385 e. The number of aliphatic hydroxyl groups is 1. The smallest absolute Gasteiger partial charge is 0.145 e. The molecular weight excluding hydrogens is 468 g/mol. The van der Waals surface area contributed by atoms with E-state index in [1.54, 1.807) is 0 Å². The zero-order chi connectivity index (χ0) is 23.3. The molecule has 2 saturated carbocycles. The highest BCUT2D eigenvalue weighted by Crippen LogP contribution is 2.46. The normalized spacial score (nSPS) is 23.0. The molecule has 2 fully saturated rings. The van der Waals surface area contributed by atoms with E-state index in [1.807, 2.05) is 37.4 Å². The molecule has 176 valence electrons. The molecule has 1 N–H and O–H groups in total. The summed E-state index contributed by atoms with van der Waals surface area (Å²) in [6.45, 7) is 2.49. The van der Waals surface area contributed by atoms with Crippen LogP contribution in [0.15, 0.2) is 47.1 Å². The van der Waals surface area contributed by atoms with Crippen LogP contribution in [0.5, 0.6) is 0 Å². The Morgan fingerprint density at radius 2 is 2.00 bits per heavy atom. The van der Waals surface area contributed by atoms with Gasteiger partial charge in [-0.1, -0.05) is 35.0 Å². The number of hydrogen-bond donors (Lipinski definition) is 1. The Bertz CT molecular complexity index is 1310. The van der Waals surface area contributed by atoms with Crippen LogP contribution in [0, 0.1) is 6.92 Å². The molecule has 2 aliphatic rings. The van der Waals surface area contributed by atoms with E-state index in [-0.39, 0.29) is 6.10 Å². The van der Waals surface area contributed by atoms with Gasteiger partial charge in [0.05, 0.1) is 28.0 Å². The molecule has 4 aromatic rings. The van der Waals surface area contributed by atoms with Crippen molar-refractivity contribution in [1.29, 1.82) is 0 Å². The molecule has 2 aliphatic carbocycles. The Balaban J connectivity index is 1.18. The van der Waals surface area contributed by atoms with Crippen LogP contribution < -0.4 is 0 Å². The van der Waals surface area contributed by atoms with Crippen molar-refractivity contribution in [2.24, 2.45) is 0 Å². The number of fused-ring (bicyclic) bond motifs is 1. The van der Waals surface area contributed by atoms with E-state index in [0.29, 0.717) is 30.4 Å². The molecule has 0 unspecified atom stereocenters. The van der Waals surface area contributed by atoms with Gasteiger partial charge in [0.25, 0.3) is 0 Å². The van der Waals surface area contributed by atoms with Crippen LogP contribution in [-0.2, 0) is 16.9 Å². The van der Waals surface area contributed by atoms with E-state index >= 15 is 0 Å². The van der Waals surface area contributed by atoms with Crippen LogP contribution in [0.25, 0.3) is 21.3 Å². The lowest BCUT2D eigenvalue weighted by atomic mass is 9.78. The number of halogens is 1. The summed E-state index contributed by atoms with van der Waals surface area (Å²) in [6, 6.07) is 12.1. The van der Waals surface area contributed by atoms with Gasteiger partial charge in [0.1, 0.15) is 11.5 Å². The van der Waals surface area contributed by atoms with E-state index in [1.165, 1.54) is 11.5 Å². The molecule has 7 heteroatoms. The third kappa shape index (κ3) is 4.07. The fourth-order valence-electron chi connectivity index (χ4n) is 5.14. The highest BCUT2D eigenvalue weighted by atomic mass is 35.5. The monoisotopic (exact) mass is 494 g/mol. The molecule has 5 nitrogen and oxygen atoms in total. The Morgan fingerprint density at radius 3 is 2.76 bits per heavy atom. The second-order valence-corrected chi connectivity index (χ2v) is 10.9. The van der Waals surface area contributed by atoms with Gasteiger partial charge in [0.2, 0.25) is 0 Å². The van der Waals surface area contributed by atoms with Crippen molar-refractivity contribution in [2.45, 2.75) is 69.7 Å². The summed E-state index contributed by atoms with van der Waals surface area (Å²) in [7, 11) is 0. The number of benzene rings is 2. The van der Waals surface area contributed by atoms with E-state index in [4.69, 9.17) is 20.9 Å². The quantitative estimate of drug-likeness (QED) is 0.308. The molecule has 34 heavy (non-hydrogen) atoms. The molecule has 2 aromatic heterocycles. The van der Waals surface area contributed by atoms with Crippen molar-refractivity contribution >= 4 is 33.2 Å². The second-order valence-electron chi connectivity index (χ2n) is 9.70. The van der Waals surface area contributed by atoms with Gasteiger partial charge in [0, 0.05) is 28.6 Å². The fourth-order valence-corrected chi connectivity index (χ4v) is 6.08. The zero-order valence-electron chi connectivity index (χ0n) is 19.1. The molecule has 0 atom stereocenters. The first-order chi connectivity index (χ1) is 16.5. The molecule has 0 amide bonds. The average molecular weight is 495 g/mol. The van der Waals surface area contributed by atoms with E-state index in [2.05, 4.69) is 21.7 Å². The molecule has 6 rings (SSSR count). The lowest BCUT2D eigenvalue weighted by Gasteiger charge is -2.36. The van der Waals surface area contributed by atoms with Crippen LogP contribution in [0.3, 0.4) is 0 Å². The van der Waals surface area contributed by atoms with Crippen LogP contribution in [0.2, 0.25) is 5.02 Å². The number of rotatable bonds is 6. The van der Waals surface area contributed by atoms with Gasteiger partial charge < -0.3 is 14.4 Å². The third-order valence-corrected chi connectivity index (χ3v) is 8.43. The van der Waals surface area contributed by atoms with Gasteiger partial charge in [-0.25, -0.2) is 0 Å². The lowest BCUT2D eigenvalue weighted by molar-refractivity contribution is -0.0640. The fraction of sp³-hybridized carbons (Fsp3) is 0.407. The Kier molecular flexibility index (Phi) is 5.72. The summed E-state index contributed by atoms with van der Waals surface area (Å²) in [5, 5.41) is 17.6. The van der Waals surface area contributed by atoms with E-state index in [0.717, 1.165) is 69.5 Å². The van der Waals surface area contributed by atoms with Crippen molar-refractivity contribution in [3.05, 3.63) is 70.1 Å². The number of aryl methyl sites for hydroxylation is 1. The third-order valence-electron chi connectivity index (χ3n) is 7.34. The first kappa shape index (κ1) is 22.2. The van der Waals surface area contributed by atoms with Gasteiger partial charge in [-0.2, -0.15) is 4.37 Å². The number of aromatic nitrogens is 2.